The summed E-state index contributed by atoms with van der Waals surface area (Å²) in [6.07, 6.45) is 3.08. The Morgan fingerprint density at radius 2 is 2.07 bits per heavy atom. The molecule has 2 fully saturated rings. The molecule has 0 aliphatic carbocycles. The Morgan fingerprint density at radius 1 is 1.33 bits per heavy atom. The Morgan fingerprint density at radius 3 is 2.67 bits per heavy atom. The molecule has 0 amide bonds. The fraction of sp³-hybridized carbons (Fsp3) is 0.909. The number of carboxylic acid groups (broad SMARTS) is 1. The Labute approximate surface area is 90.2 Å². The highest BCUT2D eigenvalue weighted by atomic mass is 16.5. The van der Waals surface area contributed by atoms with Crippen LogP contribution < -0.4 is 0 Å². The molecule has 0 saturated carbocycles. The number of aliphatic carboxylic acids is 1. The second kappa shape index (κ2) is 4.94. The lowest BCUT2D eigenvalue weighted by atomic mass is 10.00. The standard InChI is InChI=1S/C11H19NO3/c13-11(14)10-1-4-12(8-10)7-9-2-5-15-6-3-9/h9-10H,1-8H2,(H,13,14). The fourth-order valence-electron chi connectivity index (χ4n) is 2.49. The SMILES string of the molecule is O=C(O)C1CCN(CC2CCOCC2)C1. The first-order chi connectivity index (χ1) is 7.25. The van der Waals surface area contributed by atoms with E-state index in [9.17, 15) is 4.79 Å². The molecule has 4 nitrogen and oxygen atoms in total. The minimum atomic E-state index is -0.635. The van der Waals surface area contributed by atoms with Crippen LogP contribution in [0.5, 0.6) is 0 Å². The smallest absolute Gasteiger partial charge is 0.307 e. The van der Waals surface area contributed by atoms with Crippen LogP contribution in [0.1, 0.15) is 19.3 Å². The van der Waals surface area contributed by atoms with Crippen LogP contribution in [0, 0.1) is 11.8 Å². The van der Waals surface area contributed by atoms with Gasteiger partial charge in [0, 0.05) is 26.3 Å². The molecule has 0 aromatic heterocycles. The number of carbonyl (C=O) groups is 1. The third kappa shape index (κ3) is 2.92. The maximum Gasteiger partial charge on any atom is 0.307 e. The van der Waals surface area contributed by atoms with Gasteiger partial charge in [-0.25, -0.2) is 0 Å². The molecule has 86 valence electrons. The lowest BCUT2D eigenvalue weighted by molar-refractivity contribution is -0.141. The Bertz CT molecular complexity index is 226. The minimum Gasteiger partial charge on any atom is -0.481 e. The van der Waals surface area contributed by atoms with Gasteiger partial charge in [-0.05, 0) is 31.7 Å². The van der Waals surface area contributed by atoms with Crippen LogP contribution in [0.25, 0.3) is 0 Å². The first-order valence-corrected chi connectivity index (χ1v) is 5.78. The van der Waals surface area contributed by atoms with Gasteiger partial charge >= 0.3 is 5.97 Å². The third-order valence-electron chi connectivity index (χ3n) is 3.48. The molecular formula is C11H19NO3. The van der Waals surface area contributed by atoms with Crippen LogP contribution in [0.4, 0.5) is 0 Å². The van der Waals surface area contributed by atoms with Crippen LogP contribution >= 0.6 is 0 Å². The quantitative estimate of drug-likeness (QED) is 0.754. The zero-order valence-electron chi connectivity index (χ0n) is 9.02. The molecule has 0 radical (unpaired) electrons. The van der Waals surface area contributed by atoms with Gasteiger partial charge in [-0.1, -0.05) is 0 Å². The largest absolute Gasteiger partial charge is 0.481 e. The van der Waals surface area contributed by atoms with Gasteiger partial charge in [0.05, 0.1) is 5.92 Å². The number of nitrogens with zero attached hydrogens (tertiary/aromatic N) is 1. The van der Waals surface area contributed by atoms with Gasteiger partial charge in [0.25, 0.3) is 0 Å². The summed E-state index contributed by atoms with van der Waals surface area (Å²) in [5.74, 6) is -0.0550. The Balaban J connectivity index is 1.74. The summed E-state index contributed by atoms with van der Waals surface area (Å²) in [5, 5.41) is 8.89. The van der Waals surface area contributed by atoms with Crippen LogP contribution in [-0.2, 0) is 9.53 Å². The number of likely N-dealkylation sites (tertiary alicyclic amines) is 1. The second-order valence-corrected chi connectivity index (χ2v) is 4.64. The summed E-state index contributed by atoms with van der Waals surface area (Å²) in [5.41, 5.74) is 0. The summed E-state index contributed by atoms with van der Waals surface area (Å²) in [6.45, 7) is 4.51. The highest BCUT2D eigenvalue weighted by molar-refractivity contribution is 5.70. The number of carboxylic acids is 1. The molecule has 0 bridgehead atoms. The molecule has 2 heterocycles. The molecule has 2 aliphatic heterocycles. The van der Waals surface area contributed by atoms with E-state index in [4.69, 9.17) is 9.84 Å². The van der Waals surface area contributed by atoms with E-state index in [1.165, 1.54) is 0 Å². The minimum absolute atomic E-state index is 0.134. The van der Waals surface area contributed by atoms with Crippen molar-refractivity contribution in [1.29, 1.82) is 0 Å². The molecule has 2 saturated heterocycles. The molecule has 0 spiro atoms. The van der Waals surface area contributed by atoms with Crippen molar-refractivity contribution >= 4 is 5.97 Å². The molecular weight excluding hydrogens is 194 g/mol. The molecule has 0 aromatic carbocycles. The lowest BCUT2D eigenvalue weighted by Gasteiger charge is -2.26. The van der Waals surface area contributed by atoms with E-state index in [2.05, 4.69) is 4.90 Å². The van der Waals surface area contributed by atoms with E-state index in [0.29, 0.717) is 5.92 Å². The van der Waals surface area contributed by atoms with Crippen molar-refractivity contribution in [3.8, 4) is 0 Å². The first-order valence-electron chi connectivity index (χ1n) is 5.78. The molecule has 1 unspecified atom stereocenters. The number of rotatable bonds is 3. The monoisotopic (exact) mass is 213 g/mol. The van der Waals surface area contributed by atoms with Crippen molar-refractivity contribution in [2.45, 2.75) is 19.3 Å². The summed E-state index contributed by atoms with van der Waals surface area (Å²) in [4.78, 5) is 13.1. The Kier molecular flexibility index (Phi) is 3.59. The van der Waals surface area contributed by atoms with E-state index in [-0.39, 0.29) is 5.92 Å². The number of hydrogen-bond acceptors (Lipinski definition) is 3. The van der Waals surface area contributed by atoms with Crippen molar-refractivity contribution in [2.24, 2.45) is 11.8 Å². The molecule has 4 heteroatoms. The number of hydrogen-bond donors (Lipinski definition) is 1. The van der Waals surface area contributed by atoms with E-state index < -0.39 is 5.97 Å². The third-order valence-corrected chi connectivity index (χ3v) is 3.48. The predicted octanol–water partition coefficient (Wildman–Crippen LogP) is 0.819. The summed E-state index contributed by atoms with van der Waals surface area (Å²) in [6, 6.07) is 0. The first kappa shape index (κ1) is 10.9. The molecule has 0 aromatic rings. The van der Waals surface area contributed by atoms with E-state index in [1.807, 2.05) is 0 Å². The highest BCUT2D eigenvalue weighted by Gasteiger charge is 2.29. The van der Waals surface area contributed by atoms with E-state index >= 15 is 0 Å². The topological polar surface area (TPSA) is 49.8 Å². The zero-order chi connectivity index (χ0) is 10.7. The van der Waals surface area contributed by atoms with E-state index in [1.54, 1.807) is 0 Å². The van der Waals surface area contributed by atoms with Crippen molar-refractivity contribution in [1.82, 2.24) is 4.90 Å². The zero-order valence-corrected chi connectivity index (χ0v) is 9.02. The summed E-state index contributed by atoms with van der Waals surface area (Å²) < 4.78 is 5.31. The second-order valence-electron chi connectivity index (χ2n) is 4.64. The molecule has 1 atom stereocenters. The van der Waals surface area contributed by atoms with Gasteiger partial charge in [-0.3, -0.25) is 4.79 Å². The maximum atomic E-state index is 10.8. The molecule has 1 N–H and O–H groups in total. The van der Waals surface area contributed by atoms with Gasteiger partial charge in [-0.2, -0.15) is 0 Å². The van der Waals surface area contributed by atoms with Gasteiger partial charge < -0.3 is 14.7 Å². The number of ether oxygens (including phenoxy) is 1. The fourth-order valence-corrected chi connectivity index (χ4v) is 2.49. The van der Waals surface area contributed by atoms with Crippen molar-refractivity contribution in [2.75, 3.05) is 32.8 Å². The van der Waals surface area contributed by atoms with Gasteiger partial charge in [0.1, 0.15) is 0 Å². The Hall–Kier alpha value is -0.610. The summed E-state index contributed by atoms with van der Waals surface area (Å²) in [7, 11) is 0. The maximum absolute atomic E-state index is 10.8. The molecule has 2 rings (SSSR count). The van der Waals surface area contributed by atoms with Gasteiger partial charge in [0.15, 0.2) is 0 Å². The van der Waals surface area contributed by atoms with Gasteiger partial charge in [-0.15, -0.1) is 0 Å². The molecule has 15 heavy (non-hydrogen) atoms. The predicted molar refractivity (Wildman–Crippen MR) is 55.7 cm³/mol. The molecule has 2 aliphatic rings. The van der Waals surface area contributed by atoms with Gasteiger partial charge in [0.2, 0.25) is 0 Å². The summed E-state index contributed by atoms with van der Waals surface area (Å²) >= 11 is 0. The highest BCUT2D eigenvalue weighted by Crippen LogP contribution is 2.21. The van der Waals surface area contributed by atoms with Crippen LogP contribution in [0.3, 0.4) is 0 Å². The average molecular weight is 213 g/mol. The van der Waals surface area contributed by atoms with Crippen molar-refractivity contribution in [3.05, 3.63) is 0 Å². The van der Waals surface area contributed by atoms with E-state index in [0.717, 1.165) is 52.1 Å². The van der Waals surface area contributed by atoms with Crippen LogP contribution in [0.15, 0.2) is 0 Å². The van der Waals surface area contributed by atoms with Crippen molar-refractivity contribution < 1.29 is 14.6 Å². The van der Waals surface area contributed by atoms with Crippen LogP contribution in [-0.4, -0.2) is 48.8 Å². The van der Waals surface area contributed by atoms with Crippen molar-refractivity contribution in [3.63, 3.8) is 0 Å². The normalized spacial score (nSPS) is 29.5. The average Bonchev–Trinajstić information content (AvgIpc) is 2.68. The lowest BCUT2D eigenvalue weighted by Crippen LogP contribution is -2.31. The van der Waals surface area contributed by atoms with Crippen LogP contribution in [0.2, 0.25) is 0 Å².